The van der Waals surface area contributed by atoms with E-state index < -0.39 is 0 Å². The van der Waals surface area contributed by atoms with Gasteiger partial charge in [0, 0.05) is 10.5 Å². The zero-order valence-corrected chi connectivity index (χ0v) is 10.3. The normalized spacial score (nSPS) is 13.0. The third-order valence-corrected chi connectivity index (χ3v) is 3.14. The minimum Gasteiger partial charge on any atom is -0.328 e. The van der Waals surface area contributed by atoms with Crippen LogP contribution in [0.2, 0.25) is 0 Å². The highest BCUT2D eigenvalue weighted by molar-refractivity contribution is 9.10. The fraction of sp³-hybridized carbons (Fsp3) is 0.231. The summed E-state index contributed by atoms with van der Waals surface area (Å²) in [6.07, 6.45) is 0.933. The molecule has 1 nitrogen and oxygen atoms in total. The lowest BCUT2D eigenvalue weighted by molar-refractivity contribution is 0.739. The van der Waals surface area contributed by atoms with Gasteiger partial charge >= 0.3 is 0 Å². The van der Waals surface area contributed by atoms with Gasteiger partial charge in [0.15, 0.2) is 0 Å². The van der Waals surface area contributed by atoms with E-state index in [2.05, 4.69) is 52.3 Å². The van der Waals surface area contributed by atoms with E-state index in [9.17, 15) is 0 Å². The molecule has 0 aliphatic carbocycles. The number of fused-ring (bicyclic) bond motifs is 1. The molecule has 0 fully saturated rings. The summed E-state index contributed by atoms with van der Waals surface area (Å²) >= 11 is 3.55. The quantitative estimate of drug-likeness (QED) is 0.882. The van der Waals surface area contributed by atoms with Gasteiger partial charge in [-0.1, -0.05) is 46.3 Å². The first-order valence-corrected chi connectivity index (χ1v) is 5.89. The molecule has 0 amide bonds. The number of benzene rings is 2. The molecule has 15 heavy (non-hydrogen) atoms. The highest BCUT2D eigenvalue weighted by Gasteiger charge is 2.01. The summed E-state index contributed by atoms with van der Waals surface area (Å²) in [6, 6.07) is 13.0. The monoisotopic (exact) mass is 263 g/mol. The molecule has 0 heterocycles. The Kier molecular flexibility index (Phi) is 3.08. The smallest absolute Gasteiger partial charge is 0.0253 e. The van der Waals surface area contributed by atoms with Crippen LogP contribution in [0.15, 0.2) is 40.9 Å². The van der Waals surface area contributed by atoms with Crippen LogP contribution in [0.1, 0.15) is 12.5 Å². The Hall–Kier alpha value is -0.860. The summed E-state index contributed by atoms with van der Waals surface area (Å²) in [5.74, 6) is 0. The molecule has 2 rings (SSSR count). The largest absolute Gasteiger partial charge is 0.328 e. The van der Waals surface area contributed by atoms with E-state index in [1.54, 1.807) is 0 Å². The van der Waals surface area contributed by atoms with Gasteiger partial charge < -0.3 is 5.73 Å². The zero-order valence-electron chi connectivity index (χ0n) is 8.70. The van der Waals surface area contributed by atoms with Gasteiger partial charge in [0.1, 0.15) is 0 Å². The van der Waals surface area contributed by atoms with Gasteiger partial charge in [-0.25, -0.2) is 0 Å². The third kappa shape index (κ3) is 2.39. The molecule has 0 aliphatic rings. The maximum absolute atomic E-state index is 5.79. The maximum Gasteiger partial charge on any atom is 0.0253 e. The number of halogens is 1. The minimum atomic E-state index is 0.217. The molecule has 0 bridgehead atoms. The second-order valence-electron chi connectivity index (χ2n) is 3.98. The van der Waals surface area contributed by atoms with Crippen LogP contribution < -0.4 is 5.73 Å². The van der Waals surface area contributed by atoms with E-state index in [1.165, 1.54) is 16.3 Å². The van der Waals surface area contributed by atoms with Crippen molar-refractivity contribution in [2.75, 3.05) is 0 Å². The fourth-order valence-corrected chi connectivity index (χ4v) is 2.31. The van der Waals surface area contributed by atoms with Crippen LogP contribution in [0.4, 0.5) is 0 Å². The fourth-order valence-electron chi connectivity index (χ4n) is 1.79. The Morgan fingerprint density at radius 2 is 2.07 bits per heavy atom. The summed E-state index contributed by atoms with van der Waals surface area (Å²) in [5, 5.41) is 2.52. The van der Waals surface area contributed by atoms with Gasteiger partial charge in [-0.05, 0) is 35.7 Å². The van der Waals surface area contributed by atoms with Crippen LogP contribution in [0, 0.1) is 0 Å². The standard InChI is InChI=1S/C13H14BrN/c1-9(15)7-10-5-6-12-11(8-10)3-2-4-13(12)14/h2-6,8-9H,7,15H2,1H3. The first kappa shape index (κ1) is 10.7. The van der Waals surface area contributed by atoms with Crippen molar-refractivity contribution in [2.24, 2.45) is 5.73 Å². The van der Waals surface area contributed by atoms with Crippen LogP contribution in [0.3, 0.4) is 0 Å². The molecule has 1 atom stereocenters. The van der Waals surface area contributed by atoms with Crippen LogP contribution in [0.5, 0.6) is 0 Å². The van der Waals surface area contributed by atoms with Crippen LogP contribution in [0.25, 0.3) is 10.8 Å². The van der Waals surface area contributed by atoms with Gasteiger partial charge in [0.05, 0.1) is 0 Å². The van der Waals surface area contributed by atoms with Crippen molar-refractivity contribution in [3.63, 3.8) is 0 Å². The van der Waals surface area contributed by atoms with Gasteiger partial charge in [0.25, 0.3) is 0 Å². The van der Waals surface area contributed by atoms with Gasteiger partial charge in [0.2, 0.25) is 0 Å². The molecule has 0 radical (unpaired) electrons. The lowest BCUT2D eigenvalue weighted by Gasteiger charge is -2.07. The molecule has 0 saturated heterocycles. The average molecular weight is 264 g/mol. The molecule has 0 spiro atoms. The Morgan fingerprint density at radius 1 is 1.27 bits per heavy atom. The SMILES string of the molecule is CC(N)Cc1ccc2c(Br)cccc2c1. The molecule has 2 heteroatoms. The Balaban J connectivity index is 2.48. The van der Waals surface area contributed by atoms with Crippen molar-refractivity contribution in [3.8, 4) is 0 Å². The molecule has 78 valence electrons. The molecular weight excluding hydrogens is 250 g/mol. The van der Waals surface area contributed by atoms with Crippen LogP contribution in [-0.2, 0) is 6.42 Å². The summed E-state index contributed by atoms with van der Waals surface area (Å²) in [5.41, 5.74) is 7.09. The van der Waals surface area contributed by atoms with Crippen molar-refractivity contribution in [1.29, 1.82) is 0 Å². The summed E-state index contributed by atoms with van der Waals surface area (Å²) < 4.78 is 1.15. The van der Waals surface area contributed by atoms with E-state index in [0.717, 1.165) is 10.9 Å². The van der Waals surface area contributed by atoms with Crippen molar-refractivity contribution in [1.82, 2.24) is 0 Å². The molecule has 0 aliphatic heterocycles. The zero-order chi connectivity index (χ0) is 10.8. The van der Waals surface area contributed by atoms with Crippen molar-refractivity contribution >= 4 is 26.7 Å². The average Bonchev–Trinajstić information content (AvgIpc) is 2.17. The molecular formula is C13H14BrN. The maximum atomic E-state index is 5.79. The number of hydrogen-bond donors (Lipinski definition) is 1. The second kappa shape index (κ2) is 4.33. The molecule has 1 unspecified atom stereocenters. The molecule has 2 aromatic rings. The lowest BCUT2D eigenvalue weighted by Crippen LogP contribution is -2.17. The highest BCUT2D eigenvalue weighted by atomic mass is 79.9. The van der Waals surface area contributed by atoms with E-state index in [0.29, 0.717) is 0 Å². The lowest BCUT2D eigenvalue weighted by atomic mass is 10.0. The van der Waals surface area contributed by atoms with Crippen molar-refractivity contribution in [2.45, 2.75) is 19.4 Å². The van der Waals surface area contributed by atoms with E-state index in [1.807, 2.05) is 6.92 Å². The number of rotatable bonds is 2. The highest BCUT2D eigenvalue weighted by Crippen LogP contribution is 2.24. The Morgan fingerprint density at radius 3 is 2.80 bits per heavy atom. The Bertz CT molecular complexity index is 477. The summed E-state index contributed by atoms with van der Waals surface area (Å²) in [7, 11) is 0. The summed E-state index contributed by atoms with van der Waals surface area (Å²) in [4.78, 5) is 0. The molecule has 0 aromatic heterocycles. The van der Waals surface area contributed by atoms with Gasteiger partial charge in [-0.3, -0.25) is 0 Å². The number of nitrogens with two attached hydrogens (primary N) is 1. The molecule has 2 aromatic carbocycles. The second-order valence-corrected chi connectivity index (χ2v) is 4.83. The first-order valence-electron chi connectivity index (χ1n) is 5.09. The minimum absolute atomic E-state index is 0.217. The predicted octanol–water partition coefficient (Wildman–Crippen LogP) is 3.49. The van der Waals surface area contributed by atoms with Crippen LogP contribution >= 0.6 is 15.9 Å². The van der Waals surface area contributed by atoms with Crippen LogP contribution in [-0.4, -0.2) is 6.04 Å². The van der Waals surface area contributed by atoms with E-state index in [-0.39, 0.29) is 6.04 Å². The summed E-state index contributed by atoms with van der Waals surface area (Å²) in [6.45, 7) is 2.03. The van der Waals surface area contributed by atoms with E-state index >= 15 is 0 Å². The van der Waals surface area contributed by atoms with Crippen molar-refractivity contribution in [3.05, 3.63) is 46.4 Å². The topological polar surface area (TPSA) is 26.0 Å². The van der Waals surface area contributed by atoms with E-state index in [4.69, 9.17) is 5.73 Å². The van der Waals surface area contributed by atoms with Crippen molar-refractivity contribution < 1.29 is 0 Å². The van der Waals surface area contributed by atoms with Gasteiger partial charge in [-0.2, -0.15) is 0 Å². The molecule has 0 saturated carbocycles. The van der Waals surface area contributed by atoms with Gasteiger partial charge in [-0.15, -0.1) is 0 Å². The predicted molar refractivity (Wildman–Crippen MR) is 69.0 cm³/mol. The third-order valence-electron chi connectivity index (χ3n) is 2.45. The first-order chi connectivity index (χ1) is 7.16. The Labute approximate surface area is 98.4 Å². The number of hydrogen-bond acceptors (Lipinski definition) is 1. The molecule has 2 N–H and O–H groups in total.